The van der Waals surface area contributed by atoms with E-state index < -0.39 is 16.4 Å². The van der Waals surface area contributed by atoms with Crippen molar-refractivity contribution in [1.82, 2.24) is 14.9 Å². The molecule has 0 aromatic carbocycles. The maximum absolute atomic E-state index is 12.3. The van der Waals surface area contributed by atoms with Crippen molar-refractivity contribution >= 4 is 16.9 Å². The predicted molar refractivity (Wildman–Crippen MR) is 83.8 cm³/mol. The summed E-state index contributed by atoms with van der Waals surface area (Å²) < 4.78 is 17.7. The van der Waals surface area contributed by atoms with E-state index in [9.17, 15) is 9.00 Å². The molecular weight excluding hydrogens is 302 g/mol. The molecule has 6 nitrogen and oxygen atoms in total. The number of amides is 1. The maximum Gasteiger partial charge on any atom is 0.410 e. The molecule has 2 heterocycles. The molecule has 22 heavy (non-hydrogen) atoms. The Labute approximate surface area is 133 Å². The second kappa shape index (κ2) is 7.17. The lowest BCUT2D eigenvalue weighted by Crippen LogP contribution is -2.44. The van der Waals surface area contributed by atoms with Gasteiger partial charge in [-0.05, 0) is 45.6 Å². The van der Waals surface area contributed by atoms with Crippen LogP contribution in [0, 0.1) is 5.92 Å². The highest BCUT2D eigenvalue weighted by Gasteiger charge is 2.28. The van der Waals surface area contributed by atoms with Crippen molar-refractivity contribution in [2.75, 3.05) is 18.8 Å². The molecule has 122 valence electrons. The molecule has 0 unspecified atom stereocenters. The molecule has 1 amide bonds. The monoisotopic (exact) mass is 325 g/mol. The number of rotatable bonds is 3. The quantitative estimate of drug-likeness (QED) is 0.797. The fraction of sp³-hybridized carbons (Fsp3) is 0.667. The highest BCUT2D eigenvalue weighted by atomic mass is 32.2. The van der Waals surface area contributed by atoms with E-state index in [1.54, 1.807) is 23.4 Å². The van der Waals surface area contributed by atoms with E-state index in [4.69, 9.17) is 4.74 Å². The molecule has 0 spiro atoms. The van der Waals surface area contributed by atoms with Gasteiger partial charge in [0.15, 0.2) is 0 Å². The summed E-state index contributed by atoms with van der Waals surface area (Å²) in [5, 5.41) is 0.358. The van der Waals surface area contributed by atoms with Gasteiger partial charge in [-0.3, -0.25) is 4.21 Å². The number of hydrogen-bond acceptors (Lipinski definition) is 5. The van der Waals surface area contributed by atoms with Crippen LogP contribution in [0.4, 0.5) is 4.79 Å². The first kappa shape index (κ1) is 16.9. The van der Waals surface area contributed by atoms with Crippen LogP contribution in [-0.4, -0.2) is 49.6 Å². The van der Waals surface area contributed by atoms with Crippen LogP contribution in [0.15, 0.2) is 23.6 Å². The molecule has 0 N–H and O–H groups in total. The molecule has 2 atom stereocenters. The Morgan fingerprint density at radius 2 is 2.09 bits per heavy atom. The van der Waals surface area contributed by atoms with Gasteiger partial charge >= 0.3 is 6.09 Å². The molecule has 0 radical (unpaired) electrons. The van der Waals surface area contributed by atoms with Crippen LogP contribution >= 0.6 is 0 Å². The minimum absolute atomic E-state index is 0.186. The van der Waals surface area contributed by atoms with Crippen LogP contribution in [0.2, 0.25) is 0 Å². The molecule has 1 aromatic rings. The molecule has 0 aliphatic carbocycles. The van der Waals surface area contributed by atoms with Gasteiger partial charge in [-0.15, -0.1) is 0 Å². The molecule has 1 aromatic heterocycles. The third-order valence-electron chi connectivity index (χ3n) is 3.30. The van der Waals surface area contributed by atoms with E-state index in [-0.39, 0.29) is 12.0 Å². The van der Waals surface area contributed by atoms with E-state index in [1.165, 1.54) is 0 Å². The van der Waals surface area contributed by atoms with Crippen molar-refractivity contribution in [2.24, 2.45) is 5.92 Å². The van der Waals surface area contributed by atoms with Crippen molar-refractivity contribution in [1.29, 1.82) is 0 Å². The lowest BCUT2D eigenvalue weighted by atomic mass is 10.0. The van der Waals surface area contributed by atoms with Gasteiger partial charge in [0.2, 0.25) is 5.16 Å². The molecule has 2 rings (SSSR count). The highest BCUT2D eigenvalue weighted by Crippen LogP contribution is 2.21. The summed E-state index contributed by atoms with van der Waals surface area (Å²) in [4.78, 5) is 21.9. The summed E-state index contributed by atoms with van der Waals surface area (Å²) in [6.07, 6.45) is 4.75. The van der Waals surface area contributed by atoms with Crippen molar-refractivity contribution in [3.8, 4) is 0 Å². The summed E-state index contributed by atoms with van der Waals surface area (Å²) in [5.41, 5.74) is -0.495. The van der Waals surface area contributed by atoms with Crippen LogP contribution in [0.5, 0.6) is 0 Å². The molecule has 1 aliphatic rings. The van der Waals surface area contributed by atoms with E-state index in [0.29, 0.717) is 24.0 Å². The lowest BCUT2D eigenvalue weighted by Gasteiger charge is -2.33. The Balaban J connectivity index is 1.91. The number of hydrogen-bond donors (Lipinski definition) is 0. The Morgan fingerprint density at radius 1 is 1.41 bits per heavy atom. The number of likely N-dealkylation sites (tertiary alicyclic amines) is 1. The van der Waals surface area contributed by atoms with Gasteiger partial charge in [-0.1, -0.05) is 0 Å². The lowest BCUT2D eigenvalue weighted by molar-refractivity contribution is 0.0176. The number of carbonyl (C=O) groups is 1. The van der Waals surface area contributed by atoms with Gasteiger partial charge in [-0.25, -0.2) is 14.8 Å². The first-order valence-corrected chi connectivity index (χ1v) is 8.80. The average molecular weight is 325 g/mol. The number of carbonyl (C=O) groups excluding carboxylic acids is 1. The molecule has 1 fully saturated rings. The molecule has 7 heteroatoms. The minimum Gasteiger partial charge on any atom is -0.444 e. The Hall–Kier alpha value is -1.50. The van der Waals surface area contributed by atoms with E-state index in [0.717, 1.165) is 12.8 Å². The minimum atomic E-state index is -1.23. The van der Waals surface area contributed by atoms with Gasteiger partial charge in [0.1, 0.15) is 5.60 Å². The molecular formula is C15H23N3O3S. The van der Waals surface area contributed by atoms with Gasteiger partial charge in [-0.2, -0.15) is 0 Å². The molecule has 0 saturated carbocycles. The standard InChI is InChI=1S/C15H23N3O3S/c1-15(2,3)21-14(19)18-9-4-6-12(10-18)11-22(20)13-16-7-5-8-17-13/h5,7-8,12H,4,6,9-11H2,1-3H3/t12-,22-/m1/s1. The van der Waals surface area contributed by atoms with Crippen molar-refractivity contribution in [2.45, 2.75) is 44.4 Å². The highest BCUT2D eigenvalue weighted by molar-refractivity contribution is 7.84. The van der Waals surface area contributed by atoms with E-state index >= 15 is 0 Å². The predicted octanol–water partition coefficient (Wildman–Crippen LogP) is 2.23. The van der Waals surface area contributed by atoms with Crippen LogP contribution in [0.3, 0.4) is 0 Å². The summed E-state index contributed by atoms with van der Waals surface area (Å²) in [5.74, 6) is 0.662. The Kier molecular flexibility index (Phi) is 5.50. The van der Waals surface area contributed by atoms with E-state index in [2.05, 4.69) is 9.97 Å². The fourth-order valence-corrected chi connectivity index (χ4v) is 3.59. The summed E-state index contributed by atoms with van der Waals surface area (Å²) in [6, 6.07) is 1.70. The summed E-state index contributed by atoms with van der Waals surface area (Å²) in [6.45, 7) is 6.84. The SMILES string of the molecule is CC(C)(C)OC(=O)N1CCC[C@@H](C[S@@](=O)c2ncccn2)C1. The number of piperidine rings is 1. The van der Waals surface area contributed by atoms with Gasteiger partial charge in [0.05, 0.1) is 10.8 Å². The first-order chi connectivity index (χ1) is 10.3. The maximum atomic E-state index is 12.3. The summed E-state index contributed by atoms with van der Waals surface area (Å²) >= 11 is 0. The molecule has 1 saturated heterocycles. The third kappa shape index (κ3) is 5.05. The van der Waals surface area contributed by atoms with Gasteiger partial charge < -0.3 is 9.64 Å². The van der Waals surface area contributed by atoms with Crippen molar-refractivity contribution in [3.05, 3.63) is 18.5 Å². The largest absolute Gasteiger partial charge is 0.444 e. The molecule has 0 bridgehead atoms. The van der Waals surface area contributed by atoms with Crippen LogP contribution < -0.4 is 0 Å². The van der Waals surface area contributed by atoms with Crippen molar-refractivity contribution in [3.63, 3.8) is 0 Å². The zero-order valence-electron chi connectivity index (χ0n) is 13.3. The Bertz CT molecular complexity index is 531. The van der Waals surface area contributed by atoms with Gasteiger partial charge in [0, 0.05) is 31.2 Å². The molecule has 1 aliphatic heterocycles. The normalized spacial score (nSPS) is 20.5. The van der Waals surface area contributed by atoms with Crippen LogP contribution in [0.25, 0.3) is 0 Å². The topological polar surface area (TPSA) is 72.4 Å². The first-order valence-electron chi connectivity index (χ1n) is 7.48. The smallest absolute Gasteiger partial charge is 0.410 e. The number of aromatic nitrogens is 2. The second-order valence-electron chi connectivity index (χ2n) is 6.48. The van der Waals surface area contributed by atoms with Crippen LogP contribution in [-0.2, 0) is 15.5 Å². The number of nitrogens with zero attached hydrogens (tertiary/aromatic N) is 3. The summed E-state index contributed by atoms with van der Waals surface area (Å²) in [7, 11) is -1.23. The zero-order valence-corrected chi connectivity index (χ0v) is 14.1. The third-order valence-corrected chi connectivity index (χ3v) is 4.70. The van der Waals surface area contributed by atoms with Gasteiger partial charge in [0.25, 0.3) is 0 Å². The number of ether oxygens (including phenoxy) is 1. The second-order valence-corrected chi connectivity index (χ2v) is 7.87. The zero-order chi connectivity index (χ0) is 16.2. The Morgan fingerprint density at radius 3 is 2.73 bits per heavy atom. The average Bonchev–Trinajstić information content (AvgIpc) is 2.46. The fourth-order valence-electron chi connectivity index (χ4n) is 2.39. The van der Waals surface area contributed by atoms with E-state index in [1.807, 2.05) is 20.8 Å². The van der Waals surface area contributed by atoms with Crippen molar-refractivity contribution < 1.29 is 13.7 Å². The van der Waals surface area contributed by atoms with Crippen LogP contribution in [0.1, 0.15) is 33.6 Å².